The lowest BCUT2D eigenvalue weighted by atomic mass is 10.1. The van der Waals surface area contributed by atoms with Gasteiger partial charge in [0, 0.05) is 35.6 Å². The normalized spacial score (nSPS) is 11.8. The molecule has 1 unspecified atom stereocenters. The molecule has 2 aromatic carbocycles. The van der Waals surface area contributed by atoms with E-state index in [9.17, 15) is 9.59 Å². The van der Waals surface area contributed by atoms with Gasteiger partial charge in [-0.3, -0.25) is 9.59 Å². The van der Waals surface area contributed by atoms with Crippen LogP contribution in [0.2, 0.25) is 5.02 Å². The molecule has 0 aliphatic heterocycles. The molecule has 2 amide bonds. The minimum absolute atomic E-state index is 0.225. The first-order chi connectivity index (χ1) is 15.8. The van der Waals surface area contributed by atoms with Crippen molar-refractivity contribution < 1.29 is 9.59 Å². The van der Waals surface area contributed by atoms with Gasteiger partial charge >= 0.3 is 0 Å². The lowest BCUT2D eigenvalue weighted by Gasteiger charge is -2.19. The monoisotopic (exact) mass is 485 g/mol. The molecule has 0 bridgehead atoms. The molecule has 7 nitrogen and oxygen atoms in total. The highest BCUT2D eigenvalue weighted by Crippen LogP contribution is 2.26. The third kappa shape index (κ3) is 7.56. The molecule has 174 valence electrons. The summed E-state index contributed by atoms with van der Waals surface area (Å²) in [7, 11) is 3.88. The molecular formula is C24H28ClN5O2S. The Balaban J connectivity index is 1.69. The van der Waals surface area contributed by atoms with Crippen LogP contribution in [0, 0.1) is 6.92 Å². The second kappa shape index (κ2) is 11.8. The maximum Gasteiger partial charge on any atom is 0.271 e. The number of aromatic nitrogens is 1. The molecule has 0 spiro atoms. The second-order valence-corrected chi connectivity index (χ2v) is 9.23. The smallest absolute Gasteiger partial charge is 0.271 e. The standard InChI is InChI=1S/C24H28ClN5O2S/c1-16-9-10-18(25)14-19(16)28-24-29-21(15-33-24)23(32)27-20(13-17-7-5-4-6-8-17)22(31)26-11-12-30(2)3/h4-10,14-15,20H,11-13H2,1-3H3,(H,26,31)(H,27,32)(H,28,29). The number of hydrogen-bond acceptors (Lipinski definition) is 6. The molecule has 3 rings (SSSR count). The molecule has 0 saturated carbocycles. The summed E-state index contributed by atoms with van der Waals surface area (Å²) in [5, 5.41) is 11.8. The number of nitrogens with zero attached hydrogens (tertiary/aromatic N) is 2. The fraction of sp³-hybridized carbons (Fsp3) is 0.292. The number of rotatable bonds is 10. The van der Waals surface area contributed by atoms with E-state index in [1.807, 2.05) is 74.4 Å². The van der Waals surface area contributed by atoms with E-state index in [1.165, 1.54) is 11.3 Å². The van der Waals surface area contributed by atoms with Crippen LogP contribution in [0.3, 0.4) is 0 Å². The zero-order valence-electron chi connectivity index (χ0n) is 18.9. The van der Waals surface area contributed by atoms with E-state index in [-0.39, 0.29) is 11.6 Å². The summed E-state index contributed by atoms with van der Waals surface area (Å²) in [6.07, 6.45) is 0.386. The van der Waals surface area contributed by atoms with Crippen LogP contribution >= 0.6 is 22.9 Å². The number of benzene rings is 2. The zero-order valence-corrected chi connectivity index (χ0v) is 20.5. The Morgan fingerprint density at radius 1 is 1.15 bits per heavy atom. The van der Waals surface area contributed by atoms with Gasteiger partial charge in [0.05, 0.1) is 0 Å². The van der Waals surface area contributed by atoms with Crippen molar-refractivity contribution in [2.75, 3.05) is 32.5 Å². The van der Waals surface area contributed by atoms with E-state index >= 15 is 0 Å². The third-order valence-electron chi connectivity index (χ3n) is 4.94. The molecular weight excluding hydrogens is 458 g/mol. The van der Waals surface area contributed by atoms with Crippen LogP contribution < -0.4 is 16.0 Å². The maximum atomic E-state index is 12.9. The number of hydrogen-bond donors (Lipinski definition) is 3. The predicted octanol–water partition coefficient (Wildman–Crippen LogP) is 3.87. The number of anilines is 2. The van der Waals surface area contributed by atoms with E-state index in [2.05, 4.69) is 20.9 Å². The molecule has 0 fully saturated rings. The van der Waals surface area contributed by atoms with Crippen molar-refractivity contribution in [2.24, 2.45) is 0 Å². The van der Waals surface area contributed by atoms with Gasteiger partial charge in [0.25, 0.3) is 5.91 Å². The average Bonchev–Trinajstić information content (AvgIpc) is 3.25. The first-order valence-corrected chi connectivity index (χ1v) is 11.8. The Labute approximate surface area is 203 Å². The Bertz CT molecular complexity index is 1090. The first-order valence-electron chi connectivity index (χ1n) is 10.6. The number of thiazole rings is 1. The van der Waals surface area contributed by atoms with Crippen molar-refractivity contribution in [1.82, 2.24) is 20.5 Å². The van der Waals surface area contributed by atoms with Gasteiger partial charge in [0.15, 0.2) is 5.13 Å². The summed E-state index contributed by atoms with van der Waals surface area (Å²) >= 11 is 7.40. The number of likely N-dealkylation sites (N-methyl/N-ethyl adjacent to an activating group) is 1. The van der Waals surface area contributed by atoms with E-state index in [1.54, 1.807) is 5.38 Å². The molecule has 0 saturated heterocycles. The van der Waals surface area contributed by atoms with Gasteiger partial charge in [-0.05, 0) is 44.3 Å². The van der Waals surface area contributed by atoms with Crippen molar-refractivity contribution in [3.63, 3.8) is 0 Å². The molecule has 33 heavy (non-hydrogen) atoms. The highest BCUT2D eigenvalue weighted by atomic mass is 35.5. The zero-order chi connectivity index (χ0) is 23.8. The summed E-state index contributed by atoms with van der Waals surface area (Å²) in [4.78, 5) is 32.1. The van der Waals surface area contributed by atoms with Crippen molar-refractivity contribution in [3.05, 3.63) is 75.8 Å². The minimum Gasteiger partial charge on any atom is -0.353 e. The van der Waals surface area contributed by atoms with Gasteiger partial charge in [0.1, 0.15) is 11.7 Å². The number of carbonyl (C=O) groups excluding carboxylic acids is 2. The van der Waals surface area contributed by atoms with Crippen molar-refractivity contribution in [1.29, 1.82) is 0 Å². The Morgan fingerprint density at radius 2 is 1.91 bits per heavy atom. The van der Waals surface area contributed by atoms with Crippen molar-refractivity contribution in [3.8, 4) is 0 Å². The fourth-order valence-electron chi connectivity index (χ4n) is 3.10. The van der Waals surface area contributed by atoms with E-state index in [4.69, 9.17) is 11.6 Å². The van der Waals surface area contributed by atoms with E-state index in [0.29, 0.717) is 29.7 Å². The van der Waals surface area contributed by atoms with Gasteiger partial charge in [-0.1, -0.05) is 48.0 Å². The quantitative estimate of drug-likeness (QED) is 0.406. The largest absolute Gasteiger partial charge is 0.353 e. The molecule has 9 heteroatoms. The Hall–Kier alpha value is -2.94. The molecule has 3 aromatic rings. The number of amides is 2. The average molecular weight is 486 g/mol. The molecule has 0 aliphatic rings. The van der Waals surface area contributed by atoms with E-state index < -0.39 is 11.9 Å². The van der Waals surface area contributed by atoms with Crippen molar-refractivity contribution >= 4 is 45.6 Å². The summed E-state index contributed by atoms with van der Waals surface area (Å²) < 4.78 is 0. The molecule has 0 aliphatic carbocycles. The molecule has 0 radical (unpaired) electrons. The predicted molar refractivity (Wildman–Crippen MR) is 135 cm³/mol. The van der Waals surface area contributed by atoms with Gasteiger partial charge in [-0.25, -0.2) is 4.98 Å². The lowest BCUT2D eigenvalue weighted by molar-refractivity contribution is -0.123. The third-order valence-corrected chi connectivity index (χ3v) is 5.93. The summed E-state index contributed by atoms with van der Waals surface area (Å²) in [6.45, 7) is 3.17. The number of halogens is 1. The molecule has 1 atom stereocenters. The number of nitrogens with one attached hydrogen (secondary N) is 3. The van der Waals surface area contributed by atoms with Crippen LogP contribution in [-0.4, -0.2) is 54.9 Å². The number of carbonyl (C=O) groups is 2. The van der Waals surface area contributed by atoms with Crippen LogP contribution in [-0.2, 0) is 11.2 Å². The Morgan fingerprint density at radius 3 is 2.64 bits per heavy atom. The summed E-state index contributed by atoms with van der Waals surface area (Å²) in [5.74, 6) is -0.622. The fourth-order valence-corrected chi connectivity index (χ4v) is 3.97. The molecule has 3 N–H and O–H groups in total. The van der Waals surface area contributed by atoms with Gasteiger partial charge in [0.2, 0.25) is 5.91 Å². The van der Waals surface area contributed by atoms with Gasteiger partial charge < -0.3 is 20.9 Å². The lowest BCUT2D eigenvalue weighted by Crippen LogP contribution is -2.49. The van der Waals surface area contributed by atoms with Crippen LogP contribution in [0.25, 0.3) is 0 Å². The Kier molecular flexibility index (Phi) is 8.82. The number of aryl methyl sites for hydroxylation is 1. The minimum atomic E-state index is -0.713. The van der Waals surface area contributed by atoms with Crippen LogP contribution in [0.4, 0.5) is 10.8 Å². The first kappa shape index (κ1) is 24.7. The van der Waals surface area contributed by atoms with Crippen LogP contribution in [0.15, 0.2) is 53.9 Å². The highest BCUT2D eigenvalue weighted by Gasteiger charge is 2.23. The maximum absolute atomic E-state index is 12.9. The molecule has 1 aromatic heterocycles. The van der Waals surface area contributed by atoms with E-state index in [0.717, 1.165) is 16.8 Å². The second-order valence-electron chi connectivity index (χ2n) is 7.93. The van der Waals surface area contributed by atoms with Gasteiger partial charge in [-0.15, -0.1) is 11.3 Å². The highest BCUT2D eigenvalue weighted by molar-refractivity contribution is 7.14. The van der Waals surface area contributed by atoms with Crippen LogP contribution in [0.1, 0.15) is 21.6 Å². The summed E-state index contributed by atoms with van der Waals surface area (Å²) in [5.41, 5.74) is 3.05. The topological polar surface area (TPSA) is 86.4 Å². The van der Waals surface area contributed by atoms with Gasteiger partial charge in [-0.2, -0.15) is 0 Å². The SMILES string of the molecule is Cc1ccc(Cl)cc1Nc1nc(C(=O)NC(Cc2ccccc2)C(=O)NCCN(C)C)cs1. The summed E-state index contributed by atoms with van der Waals surface area (Å²) in [6, 6.07) is 14.4. The van der Waals surface area contributed by atoms with Crippen molar-refractivity contribution in [2.45, 2.75) is 19.4 Å². The van der Waals surface area contributed by atoms with Crippen LogP contribution in [0.5, 0.6) is 0 Å². The molecule has 1 heterocycles.